The first-order chi connectivity index (χ1) is 7.34. The molecule has 1 aliphatic rings. The highest BCUT2D eigenvalue weighted by atomic mass is 35.5. The lowest BCUT2D eigenvalue weighted by atomic mass is 9.97. The molecule has 0 saturated carbocycles. The lowest BCUT2D eigenvalue weighted by molar-refractivity contribution is 0.438. The number of hydrogen-bond acceptors (Lipinski definition) is 1. The SMILES string of the molecule is Cc1ccc(/C=C\C2CCNCC2)cc1.Cl. The van der Waals surface area contributed by atoms with Crippen molar-refractivity contribution in [1.29, 1.82) is 0 Å². The van der Waals surface area contributed by atoms with Crippen LogP contribution in [0.15, 0.2) is 30.3 Å². The van der Waals surface area contributed by atoms with Crippen LogP contribution in [-0.4, -0.2) is 13.1 Å². The molecule has 1 N–H and O–H groups in total. The Hall–Kier alpha value is -0.790. The predicted octanol–water partition coefficient (Wildman–Crippen LogP) is 3.43. The minimum Gasteiger partial charge on any atom is -0.317 e. The van der Waals surface area contributed by atoms with E-state index in [9.17, 15) is 0 Å². The molecule has 0 unspecified atom stereocenters. The lowest BCUT2D eigenvalue weighted by Gasteiger charge is -2.19. The zero-order valence-electron chi connectivity index (χ0n) is 9.78. The first-order valence-corrected chi connectivity index (χ1v) is 5.80. The van der Waals surface area contributed by atoms with Gasteiger partial charge in [-0.1, -0.05) is 42.0 Å². The van der Waals surface area contributed by atoms with Crippen LogP contribution in [0.2, 0.25) is 0 Å². The summed E-state index contributed by atoms with van der Waals surface area (Å²) in [5.41, 5.74) is 2.65. The summed E-state index contributed by atoms with van der Waals surface area (Å²) in [6.45, 7) is 4.46. The minimum atomic E-state index is 0. The first kappa shape index (κ1) is 13.3. The van der Waals surface area contributed by atoms with Crippen molar-refractivity contribution < 1.29 is 0 Å². The predicted molar refractivity (Wildman–Crippen MR) is 73.1 cm³/mol. The third-order valence-corrected chi connectivity index (χ3v) is 3.02. The van der Waals surface area contributed by atoms with E-state index in [0.717, 1.165) is 5.92 Å². The third kappa shape index (κ3) is 3.99. The van der Waals surface area contributed by atoms with Crippen LogP contribution in [0.4, 0.5) is 0 Å². The Balaban J connectivity index is 0.00000128. The summed E-state index contributed by atoms with van der Waals surface area (Å²) in [6, 6.07) is 8.71. The van der Waals surface area contributed by atoms with Gasteiger partial charge in [-0.3, -0.25) is 0 Å². The van der Waals surface area contributed by atoms with Gasteiger partial charge >= 0.3 is 0 Å². The van der Waals surface area contributed by atoms with Gasteiger partial charge in [0, 0.05) is 0 Å². The van der Waals surface area contributed by atoms with Gasteiger partial charge in [0.25, 0.3) is 0 Å². The van der Waals surface area contributed by atoms with E-state index in [2.05, 4.69) is 48.7 Å². The molecule has 16 heavy (non-hydrogen) atoms. The second kappa shape index (κ2) is 6.72. The van der Waals surface area contributed by atoms with Crippen molar-refractivity contribution in [2.24, 2.45) is 5.92 Å². The average Bonchev–Trinajstić information content (AvgIpc) is 2.30. The molecular formula is C14H20ClN. The fourth-order valence-corrected chi connectivity index (χ4v) is 1.96. The third-order valence-electron chi connectivity index (χ3n) is 3.02. The maximum atomic E-state index is 3.39. The maximum absolute atomic E-state index is 3.39. The molecule has 88 valence electrons. The highest BCUT2D eigenvalue weighted by Crippen LogP contribution is 2.15. The number of aryl methyl sites for hydroxylation is 1. The molecule has 1 aliphatic heterocycles. The van der Waals surface area contributed by atoms with E-state index < -0.39 is 0 Å². The molecular weight excluding hydrogens is 218 g/mol. The normalized spacial score (nSPS) is 17.3. The number of halogens is 1. The van der Waals surface area contributed by atoms with Crippen LogP contribution in [0.3, 0.4) is 0 Å². The summed E-state index contributed by atoms with van der Waals surface area (Å²) in [4.78, 5) is 0. The summed E-state index contributed by atoms with van der Waals surface area (Å²) >= 11 is 0. The van der Waals surface area contributed by atoms with Crippen LogP contribution in [0.1, 0.15) is 24.0 Å². The van der Waals surface area contributed by atoms with Crippen LogP contribution < -0.4 is 5.32 Å². The molecule has 1 nitrogen and oxygen atoms in total. The van der Waals surface area contributed by atoms with Crippen LogP contribution >= 0.6 is 12.4 Å². The largest absolute Gasteiger partial charge is 0.317 e. The quantitative estimate of drug-likeness (QED) is 0.831. The molecule has 0 spiro atoms. The Bertz CT molecular complexity index is 323. The van der Waals surface area contributed by atoms with Gasteiger partial charge in [0.2, 0.25) is 0 Å². The number of nitrogens with one attached hydrogen (secondary N) is 1. The van der Waals surface area contributed by atoms with Crippen molar-refractivity contribution in [3.63, 3.8) is 0 Å². The summed E-state index contributed by atoms with van der Waals surface area (Å²) in [7, 11) is 0. The van der Waals surface area contributed by atoms with Crippen molar-refractivity contribution in [1.82, 2.24) is 5.32 Å². The summed E-state index contributed by atoms with van der Waals surface area (Å²) in [5.74, 6) is 0.771. The summed E-state index contributed by atoms with van der Waals surface area (Å²) in [6.07, 6.45) is 7.19. The highest BCUT2D eigenvalue weighted by molar-refractivity contribution is 5.85. The average molecular weight is 238 g/mol. The summed E-state index contributed by atoms with van der Waals surface area (Å²) in [5, 5.41) is 3.39. The van der Waals surface area contributed by atoms with Crippen molar-refractivity contribution in [2.75, 3.05) is 13.1 Å². The Labute approximate surface area is 104 Å². The molecule has 1 aromatic rings. The fraction of sp³-hybridized carbons (Fsp3) is 0.429. The molecule has 0 atom stereocenters. The number of hydrogen-bond donors (Lipinski definition) is 1. The van der Waals surface area contributed by atoms with E-state index in [4.69, 9.17) is 0 Å². The highest BCUT2D eigenvalue weighted by Gasteiger charge is 2.08. The van der Waals surface area contributed by atoms with E-state index >= 15 is 0 Å². The van der Waals surface area contributed by atoms with Crippen molar-refractivity contribution in [3.05, 3.63) is 41.5 Å². The molecule has 0 aromatic heterocycles. The van der Waals surface area contributed by atoms with Gasteiger partial charge in [0.15, 0.2) is 0 Å². The zero-order valence-corrected chi connectivity index (χ0v) is 10.6. The monoisotopic (exact) mass is 237 g/mol. The van der Waals surface area contributed by atoms with E-state index in [1.165, 1.54) is 37.1 Å². The molecule has 0 aliphatic carbocycles. The second-order valence-corrected chi connectivity index (χ2v) is 4.36. The molecule has 1 aromatic carbocycles. The molecule has 2 heteroatoms. The molecule has 0 amide bonds. The standard InChI is InChI=1S/C14H19N.ClH/c1-12-2-4-13(5-3-12)6-7-14-8-10-15-11-9-14;/h2-7,14-15H,8-11H2,1H3;1H/b7-6-;. The van der Waals surface area contributed by atoms with Crippen LogP contribution in [0, 0.1) is 12.8 Å². The van der Waals surface area contributed by atoms with Crippen molar-refractivity contribution in [2.45, 2.75) is 19.8 Å². The fourth-order valence-electron chi connectivity index (χ4n) is 1.96. The second-order valence-electron chi connectivity index (χ2n) is 4.36. The molecule has 0 radical (unpaired) electrons. The molecule has 0 bridgehead atoms. The first-order valence-electron chi connectivity index (χ1n) is 5.80. The lowest BCUT2D eigenvalue weighted by Crippen LogP contribution is -2.26. The van der Waals surface area contributed by atoms with Gasteiger partial charge in [-0.25, -0.2) is 0 Å². The minimum absolute atomic E-state index is 0. The number of benzene rings is 1. The molecule has 1 saturated heterocycles. The summed E-state index contributed by atoms with van der Waals surface area (Å²) < 4.78 is 0. The van der Waals surface area contributed by atoms with Crippen LogP contribution in [0.25, 0.3) is 6.08 Å². The molecule has 2 rings (SSSR count). The maximum Gasteiger partial charge on any atom is -0.00433 e. The van der Waals surface area contributed by atoms with Crippen LogP contribution in [0.5, 0.6) is 0 Å². The number of allylic oxidation sites excluding steroid dienone is 1. The van der Waals surface area contributed by atoms with E-state index in [0.29, 0.717) is 0 Å². The van der Waals surface area contributed by atoms with E-state index in [1.807, 2.05) is 0 Å². The Morgan fingerprint density at radius 3 is 2.38 bits per heavy atom. The molecule has 1 fully saturated rings. The Kier molecular flexibility index (Phi) is 5.58. The van der Waals surface area contributed by atoms with Gasteiger partial charge in [0.1, 0.15) is 0 Å². The Morgan fingerprint density at radius 1 is 1.12 bits per heavy atom. The van der Waals surface area contributed by atoms with Gasteiger partial charge in [0.05, 0.1) is 0 Å². The molecule has 1 heterocycles. The van der Waals surface area contributed by atoms with Crippen LogP contribution in [-0.2, 0) is 0 Å². The van der Waals surface area contributed by atoms with Gasteiger partial charge < -0.3 is 5.32 Å². The van der Waals surface area contributed by atoms with Gasteiger partial charge in [-0.2, -0.15) is 0 Å². The smallest absolute Gasteiger partial charge is 0.00433 e. The van der Waals surface area contributed by atoms with Gasteiger partial charge in [-0.05, 0) is 44.3 Å². The van der Waals surface area contributed by atoms with Crippen molar-refractivity contribution >= 4 is 18.5 Å². The van der Waals surface area contributed by atoms with Gasteiger partial charge in [-0.15, -0.1) is 12.4 Å². The Morgan fingerprint density at radius 2 is 1.75 bits per heavy atom. The topological polar surface area (TPSA) is 12.0 Å². The van der Waals surface area contributed by atoms with E-state index in [-0.39, 0.29) is 12.4 Å². The van der Waals surface area contributed by atoms with E-state index in [1.54, 1.807) is 0 Å². The van der Waals surface area contributed by atoms with Crippen molar-refractivity contribution in [3.8, 4) is 0 Å². The zero-order chi connectivity index (χ0) is 10.5. The number of rotatable bonds is 2. The number of piperidine rings is 1.